The first kappa shape index (κ1) is 14.4. The third-order valence-corrected chi connectivity index (χ3v) is 3.09. The fraction of sp³-hybridized carbons (Fsp3) is 0.133. The lowest BCUT2D eigenvalue weighted by Crippen LogP contribution is -2.13. The van der Waals surface area contributed by atoms with Gasteiger partial charge in [-0.2, -0.15) is 0 Å². The van der Waals surface area contributed by atoms with E-state index in [1.165, 1.54) is 6.07 Å². The third kappa shape index (κ3) is 3.12. The summed E-state index contributed by atoms with van der Waals surface area (Å²) in [5, 5.41) is 9.20. The molecule has 2 aromatic rings. The van der Waals surface area contributed by atoms with Gasteiger partial charge in [-0.3, -0.25) is 0 Å². The minimum atomic E-state index is -0.471. The number of nitrogens with two attached hydrogens (primary N) is 1. The Kier molecular flexibility index (Phi) is 4.65. The van der Waals surface area contributed by atoms with E-state index >= 15 is 0 Å². The summed E-state index contributed by atoms with van der Waals surface area (Å²) >= 11 is 4.79. The van der Waals surface area contributed by atoms with Crippen LogP contribution in [0.5, 0.6) is 5.75 Å². The van der Waals surface area contributed by atoms with Crippen molar-refractivity contribution in [2.24, 2.45) is 5.73 Å². The molecule has 3 nitrogen and oxygen atoms in total. The highest BCUT2D eigenvalue weighted by atomic mass is 32.1. The maximum Gasteiger partial charge on any atom is 0.139 e. The summed E-state index contributed by atoms with van der Waals surface area (Å²) in [6, 6.07) is 11.9. The van der Waals surface area contributed by atoms with Crippen molar-refractivity contribution >= 4 is 17.2 Å². The van der Waals surface area contributed by atoms with Gasteiger partial charge in [0.15, 0.2) is 0 Å². The normalized spacial score (nSPS) is 10.3. The van der Waals surface area contributed by atoms with E-state index in [0.29, 0.717) is 16.9 Å². The highest BCUT2D eigenvalue weighted by Crippen LogP contribution is 2.21. The van der Waals surface area contributed by atoms with Crippen LogP contribution in [0, 0.1) is 5.82 Å². The molecule has 0 atom stereocenters. The minimum Gasteiger partial charge on any atom is -0.488 e. The molecule has 2 rings (SSSR count). The molecule has 0 aliphatic heterocycles. The van der Waals surface area contributed by atoms with E-state index in [9.17, 15) is 9.50 Å². The van der Waals surface area contributed by atoms with Crippen molar-refractivity contribution in [3.63, 3.8) is 0 Å². The summed E-state index contributed by atoms with van der Waals surface area (Å²) < 4.78 is 19.7. The second-order valence-corrected chi connectivity index (χ2v) is 4.64. The molecule has 0 bridgehead atoms. The molecule has 2 aromatic carbocycles. The fourth-order valence-corrected chi connectivity index (χ4v) is 1.97. The Balaban J connectivity index is 2.19. The Labute approximate surface area is 121 Å². The zero-order valence-corrected chi connectivity index (χ0v) is 11.5. The summed E-state index contributed by atoms with van der Waals surface area (Å²) in [5.74, 6) is 0.0524. The number of hydrogen-bond acceptors (Lipinski definition) is 3. The van der Waals surface area contributed by atoms with Crippen LogP contribution in [0.4, 0.5) is 4.39 Å². The van der Waals surface area contributed by atoms with Crippen LogP contribution in [0.15, 0.2) is 42.5 Å². The Hall–Kier alpha value is -1.98. The largest absolute Gasteiger partial charge is 0.488 e. The number of thiocarbonyl (C=S) groups is 1. The molecule has 5 heteroatoms. The predicted octanol–water partition coefficient (Wildman–Crippen LogP) is 2.53. The Morgan fingerprint density at radius 1 is 1.15 bits per heavy atom. The lowest BCUT2D eigenvalue weighted by atomic mass is 10.1. The van der Waals surface area contributed by atoms with Gasteiger partial charge < -0.3 is 15.6 Å². The van der Waals surface area contributed by atoms with Gasteiger partial charge >= 0.3 is 0 Å². The molecule has 104 valence electrons. The molecule has 3 N–H and O–H groups in total. The molecular formula is C15H14FNO2S. The second kappa shape index (κ2) is 6.45. The lowest BCUT2D eigenvalue weighted by molar-refractivity contribution is 0.257. The molecule has 0 amide bonds. The summed E-state index contributed by atoms with van der Waals surface area (Å²) in [6.45, 7) is -0.0924. The van der Waals surface area contributed by atoms with Crippen LogP contribution in [0.2, 0.25) is 0 Å². The van der Waals surface area contributed by atoms with Crippen LogP contribution in [-0.2, 0) is 13.2 Å². The SMILES string of the molecule is NC(=S)c1cccc(COc2ccccc2CO)c1F. The van der Waals surface area contributed by atoms with Gasteiger partial charge in [-0.25, -0.2) is 4.39 Å². The maximum atomic E-state index is 14.1. The third-order valence-electron chi connectivity index (χ3n) is 2.87. The average molecular weight is 291 g/mol. The van der Waals surface area contributed by atoms with Crippen LogP contribution in [0.25, 0.3) is 0 Å². The average Bonchev–Trinajstić information content (AvgIpc) is 2.46. The standard InChI is InChI=1S/C15H14FNO2S/c16-14-11(5-3-6-12(14)15(17)20)9-19-13-7-2-1-4-10(13)8-18/h1-7,18H,8-9H2,(H2,17,20). The molecule has 0 aromatic heterocycles. The summed E-state index contributed by atoms with van der Waals surface area (Å²) in [6.07, 6.45) is 0. The molecule has 0 spiro atoms. The van der Waals surface area contributed by atoms with Gasteiger partial charge in [0.25, 0.3) is 0 Å². The van der Waals surface area contributed by atoms with Crippen molar-refractivity contribution in [3.05, 3.63) is 65.0 Å². The van der Waals surface area contributed by atoms with Gasteiger partial charge in [-0.15, -0.1) is 0 Å². The smallest absolute Gasteiger partial charge is 0.139 e. The number of hydrogen-bond donors (Lipinski definition) is 2. The minimum absolute atomic E-state index is 0.0140. The van der Waals surface area contributed by atoms with Gasteiger partial charge in [-0.1, -0.05) is 42.5 Å². The van der Waals surface area contributed by atoms with Gasteiger partial charge in [0, 0.05) is 16.7 Å². The first-order chi connectivity index (χ1) is 9.63. The monoisotopic (exact) mass is 291 g/mol. The van der Waals surface area contributed by atoms with E-state index in [1.54, 1.807) is 36.4 Å². The van der Waals surface area contributed by atoms with E-state index in [1.807, 2.05) is 0 Å². The molecule has 0 radical (unpaired) electrons. The van der Waals surface area contributed by atoms with Crippen molar-refractivity contribution < 1.29 is 14.2 Å². The van der Waals surface area contributed by atoms with Gasteiger partial charge in [-0.05, 0) is 12.1 Å². The first-order valence-electron chi connectivity index (χ1n) is 6.02. The molecule has 0 fully saturated rings. The summed E-state index contributed by atoms with van der Waals surface area (Å²) in [5.41, 5.74) is 6.67. The number of aliphatic hydroxyl groups excluding tert-OH is 1. The van der Waals surface area contributed by atoms with Gasteiger partial charge in [0.2, 0.25) is 0 Å². The van der Waals surface area contributed by atoms with E-state index in [0.717, 1.165) is 0 Å². The zero-order valence-electron chi connectivity index (χ0n) is 10.7. The predicted molar refractivity (Wildman–Crippen MR) is 79.0 cm³/mol. The number of para-hydroxylation sites is 1. The fourth-order valence-electron chi connectivity index (χ4n) is 1.81. The Bertz CT molecular complexity index is 631. The van der Waals surface area contributed by atoms with Crippen LogP contribution in [0.3, 0.4) is 0 Å². The van der Waals surface area contributed by atoms with E-state index < -0.39 is 5.82 Å². The highest BCUT2D eigenvalue weighted by molar-refractivity contribution is 7.80. The van der Waals surface area contributed by atoms with Crippen molar-refractivity contribution in [2.75, 3.05) is 0 Å². The van der Waals surface area contributed by atoms with Crippen LogP contribution >= 0.6 is 12.2 Å². The highest BCUT2D eigenvalue weighted by Gasteiger charge is 2.11. The van der Waals surface area contributed by atoms with Crippen molar-refractivity contribution in [3.8, 4) is 5.75 Å². The molecular weight excluding hydrogens is 277 g/mol. The second-order valence-electron chi connectivity index (χ2n) is 4.20. The Morgan fingerprint density at radius 3 is 2.55 bits per heavy atom. The number of halogens is 1. The molecule has 0 saturated carbocycles. The number of rotatable bonds is 5. The molecule has 0 aliphatic rings. The van der Waals surface area contributed by atoms with Crippen molar-refractivity contribution in [1.29, 1.82) is 0 Å². The maximum absolute atomic E-state index is 14.1. The number of aliphatic hydroxyl groups is 1. The van der Waals surface area contributed by atoms with E-state index in [4.69, 9.17) is 22.7 Å². The summed E-state index contributed by atoms with van der Waals surface area (Å²) in [7, 11) is 0. The van der Waals surface area contributed by atoms with Gasteiger partial charge in [0.05, 0.1) is 6.61 Å². The lowest BCUT2D eigenvalue weighted by Gasteiger charge is -2.11. The van der Waals surface area contributed by atoms with E-state index in [2.05, 4.69) is 0 Å². The molecule has 0 saturated heterocycles. The van der Waals surface area contributed by atoms with E-state index in [-0.39, 0.29) is 23.8 Å². The van der Waals surface area contributed by atoms with Crippen LogP contribution in [-0.4, -0.2) is 10.1 Å². The quantitative estimate of drug-likeness (QED) is 0.831. The Morgan fingerprint density at radius 2 is 1.85 bits per heavy atom. The van der Waals surface area contributed by atoms with Crippen molar-refractivity contribution in [2.45, 2.75) is 13.2 Å². The molecule has 0 heterocycles. The van der Waals surface area contributed by atoms with Crippen molar-refractivity contribution in [1.82, 2.24) is 0 Å². The van der Waals surface area contributed by atoms with Crippen LogP contribution in [0.1, 0.15) is 16.7 Å². The first-order valence-corrected chi connectivity index (χ1v) is 6.43. The van der Waals surface area contributed by atoms with Crippen LogP contribution < -0.4 is 10.5 Å². The number of benzene rings is 2. The zero-order chi connectivity index (χ0) is 14.5. The molecule has 20 heavy (non-hydrogen) atoms. The molecule has 0 unspecified atom stereocenters. The summed E-state index contributed by atoms with van der Waals surface area (Å²) in [4.78, 5) is 0.0140. The topological polar surface area (TPSA) is 55.5 Å². The molecule has 0 aliphatic carbocycles. The number of ether oxygens (including phenoxy) is 1. The van der Waals surface area contributed by atoms with Gasteiger partial charge in [0.1, 0.15) is 23.2 Å².